The number of aliphatic carboxylic acids is 1. The zero-order valence-electron chi connectivity index (χ0n) is 19.9. The molecule has 0 spiro atoms. The number of allylic oxidation sites excluding steroid dienone is 2. The van der Waals surface area contributed by atoms with Crippen molar-refractivity contribution in [2.24, 2.45) is 11.8 Å². The number of nitrogens with one attached hydrogen (secondary N) is 2. The van der Waals surface area contributed by atoms with E-state index in [9.17, 15) is 14.4 Å². The highest BCUT2D eigenvalue weighted by atomic mass is 32.2. The largest absolute Gasteiger partial charge is 0.481 e. The summed E-state index contributed by atoms with van der Waals surface area (Å²) in [6.07, 6.45) is 12.6. The molecule has 2 aliphatic heterocycles. The second-order valence-electron chi connectivity index (χ2n) is 9.38. The molecule has 1 aromatic rings. The standard InChI is InChI=1S/C27H38N2O4S/c30-25(14-9-8-12-20-10-4-3-5-11-20)29-19-26(31)28-18-22-21(23-16-17-24(22)34-23)13-6-1-2-7-15-27(32)33/h1,3-6,10-11,21-24H,2,7-9,12-19H2,(H,28,31)(H,29,30)(H,32,33)/b6-1-/t21-,22+,23-,24+/m0/s1. The van der Waals surface area contributed by atoms with E-state index < -0.39 is 5.97 Å². The second kappa shape index (κ2) is 14.2. The summed E-state index contributed by atoms with van der Waals surface area (Å²) in [6.45, 7) is 0.705. The Balaban J connectivity index is 1.29. The number of amides is 2. The molecule has 2 aliphatic rings. The van der Waals surface area contributed by atoms with Crippen LogP contribution in [-0.4, -0.2) is 46.5 Å². The summed E-state index contributed by atoms with van der Waals surface area (Å²) < 4.78 is 0. The fourth-order valence-electron chi connectivity index (χ4n) is 5.04. The second-order valence-corrected chi connectivity index (χ2v) is 10.9. The van der Waals surface area contributed by atoms with Crippen LogP contribution in [0.5, 0.6) is 0 Å². The summed E-state index contributed by atoms with van der Waals surface area (Å²) in [4.78, 5) is 35.0. The molecule has 186 valence electrons. The van der Waals surface area contributed by atoms with E-state index in [1.165, 1.54) is 18.4 Å². The van der Waals surface area contributed by atoms with E-state index in [-0.39, 0.29) is 24.8 Å². The lowest BCUT2D eigenvalue weighted by molar-refractivity contribution is -0.137. The first-order valence-corrected chi connectivity index (χ1v) is 13.6. The van der Waals surface area contributed by atoms with Crippen molar-refractivity contribution in [3.63, 3.8) is 0 Å². The van der Waals surface area contributed by atoms with Crippen molar-refractivity contribution >= 4 is 29.5 Å². The van der Waals surface area contributed by atoms with Crippen molar-refractivity contribution in [3.8, 4) is 0 Å². The number of hydrogen-bond acceptors (Lipinski definition) is 4. The van der Waals surface area contributed by atoms with E-state index >= 15 is 0 Å². The third-order valence-corrected chi connectivity index (χ3v) is 8.74. The first kappa shape index (κ1) is 26.3. The number of carbonyl (C=O) groups excluding carboxylic acids is 2. The van der Waals surface area contributed by atoms with Gasteiger partial charge in [-0.25, -0.2) is 0 Å². The SMILES string of the molecule is O=C(O)CCC/C=C\C[C@H]1[C@@H](CNC(=O)CNC(=O)CCCCc2ccccc2)[C@H]2CC[C@@H]1S2. The van der Waals surface area contributed by atoms with E-state index in [1.54, 1.807) is 0 Å². The Morgan fingerprint density at radius 3 is 2.44 bits per heavy atom. The maximum Gasteiger partial charge on any atom is 0.303 e. The summed E-state index contributed by atoms with van der Waals surface area (Å²) >= 11 is 2.07. The maximum absolute atomic E-state index is 12.3. The molecule has 7 heteroatoms. The number of hydrogen-bond donors (Lipinski definition) is 3. The van der Waals surface area contributed by atoms with E-state index in [0.717, 1.165) is 32.1 Å². The molecule has 0 saturated carbocycles. The fourth-order valence-corrected chi connectivity index (χ4v) is 7.05. The van der Waals surface area contributed by atoms with Gasteiger partial charge in [0, 0.05) is 29.9 Å². The van der Waals surface area contributed by atoms with Gasteiger partial charge in [0.15, 0.2) is 0 Å². The van der Waals surface area contributed by atoms with Crippen LogP contribution < -0.4 is 10.6 Å². The lowest BCUT2D eigenvalue weighted by Gasteiger charge is -2.29. The fraction of sp³-hybridized carbons (Fsp3) is 0.593. The van der Waals surface area contributed by atoms with Crippen molar-refractivity contribution < 1.29 is 19.5 Å². The number of carboxylic acid groups (broad SMARTS) is 1. The van der Waals surface area contributed by atoms with Crippen molar-refractivity contribution in [2.75, 3.05) is 13.1 Å². The molecule has 4 atom stereocenters. The van der Waals surface area contributed by atoms with Gasteiger partial charge in [-0.05, 0) is 68.8 Å². The van der Waals surface area contributed by atoms with E-state index in [4.69, 9.17) is 5.11 Å². The molecule has 3 rings (SSSR count). The van der Waals surface area contributed by atoms with Crippen LogP contribution in [0.1, 0.15) is 63.4 Å². The highest BCUT2D eigenvalue weighted by Gasteiger charge is 2.47. The number of aryl methyl sites for hydroxylation is 1. The van der Waals surface area contributed by atoms with Crippen molar-refractivity contribution in [2.45, 2.75) is 74.7 Å². The monoisotopic (exact) mass is 486 g/mol. The van der Waals surface area contributed by atoms with E-state index in [2.05, 4.69) is 46.7 Å². The highest BCUT2D eigenvalue weighted by Crippen LogP contribution is 2.54. The van der Waals surface area contributed by atoms with Crippen LogP contribution in [0.2, 0.25) is 0 Å². The van der Waals surface area contributed by atoms with Crippen LogP contribution in [0.15, 0.2) is 42.5 Å². The topological polar surface area (TPSA) is 95.5 Å². The average Bonchev–Trinajstić information content (AvgIpc) is 3.44. The van der Waals surface area contributed by atoms with Gasteiger partial charge in [-0.2, -0.15) is 11.8 Å². The average molecular weight is 487 g/mol. The predicted octanol–water partition coefficient (Wildman–Crippen LogP) is 4.34. The molecular weight excluding hydrogens is 448 g/mol. The number of rotatable bonds is 15. The number of carbonyl (C=O) groups is 3. The Bertz CT molecular complexity index is 829. The molecule has 6 nitrogen and oxygen atoms in total. The Kier molecular flexibility index (Phi) is 11.0. The molecule has 0 unspecified atom stereocenters. The maximum atomic E-state index is 12.3. The molecule has 1 aromatic carbocycles. The molecular formula is C27H38N2O4S. The Morgan fingerprint density at radius 1 is 0.912 bits per heavy atom. The normalized spacial score (nSPS) is 23.3. The summed E-state index contributed by atoms with van der Waals surface area (Å²) in [6, 6.07) is 10.3. The van der Waals surface area contributed by atoms with E-state index in [1.807, 2.05) is 18.2 Å². The summed E-state index contributed by atoms with van der Waals surface area (Å²) in [5.74, 6) is 0.0926. The van der Waals surface area contributed by atoms with Crippen LogP contribution in [0, 0.1) is 11.8 Å². The lowest BCUT2D eigenvalue weighted by atomic mass is 9.77. The number of fused-ring (bicyclic) bond motifs is 2. The number of benzene rings is 1. The van der Waals surface area contributed by atoms with Gasteiger partial charge >= 0.3 is 5.97 Å². The van der Waals surface area contributed by atoms with Gasteiger partial charge in [-0.15, -0.1) is 0 Å². The third-order valence-electron chi connectivity index (χ3n) is 6.87. The van der Waals surface area contributed by atoms with Gasteiger partial charge in [0.1, 0.15) is 0 Å². The predicted molar refractivity (Wildman–Crippen MR) is 137 cm³/mol. The minimum atomic E-state index is -0.743. The van der Waals surface area contributed by atoms with Crippen LogP contribution in [-0.2, 0) is 20.8 Å². The highest BCUT2D eigenvalue weighted by molar-refractivity contribution is 8.01. The molecule has 0 aliphatic carbocycles. The molecule has 34 heavy (non-hydrogen) atoms. The Hall–Kier alpha value is -2.28. The van der Waals surface area contributed by atoms with Gasteiger partial charge in [-0.1, -0.05) is 42.5 Å². The molecule has 3 N–H and O–H groups in total. The smallest absolute Gasteiger partial charge is 0.303 e. The van der Waals surface area contributed by atoms with Gasteiger partial charge in [0.2, 0.25) is 11.8 Å². The van der Waals surface area contributed by atoms with Gasteiger partial charge in [-0.3, -0.25) is 14.4 Å². The Morgan fingerprint density at radius 2 is 1.68 bits per heavy atom. The number of thioether (sulfide) groups is 1. The molecule has 2 saturated heterocycles. The molecule has 0 radical (unpaired) electrons. The van der Waals surface area contributed by atoms with Crippen LogP contribution >= 0.6 is 11.8 Å². The first-order valence-electron chi connectivity index (χ1n) is 12.6. The minimum Gasteiger partial charge on any atom is -0.481 e. The quantitative estimate of drug-likeness (QED) is 0.253. The molecule has 0 aromatic heterocycles. The first-order chi connectivity index (χ1) is 16.5. The zero-order valence-corrected chi connectivity index (χ0v) is 20.7. The number of unbranched alkanes of at least 4 members (excludes halogenated alkanes) is 2. The lowest BCUT2D eigenvalue weighted by Crippen LogP contribution is -2.42. The molecule has 2 heterocycles. The third kappa shape index (κ3) is 8.82. The van der Waals surface area contributed by atoms with Crippen molar-refractivity contribution in [3.05, 3.63) is 48.0 Å². The molecule has 2 bridgehead atoms. The molecule has 2 fully saturated rings. The van der Waals surface area contributed by atoms with Crippen molar-refractivity contribution in [1.82, 2.24) is 10.6 Å². The van der Waals surface area contributed by atoms with Crippen molar-refractivity contribution in [1.29, 1.82) is 0 Å². The number of carboxylic acids is 1. The minimum absolute atomic E-state index is 0.0413. The van der Waals surface area contributed by atoms with E-state index in [0.29, 0.717) is 41.7 Å². The Labute approximate surface area is 207 Å². The summed E-state index contributed by atoms with van der Waals surface area (Å²) in [5.41, 5.74) is 1.29. The van der Waals surface area contributed by atoms with Crippen LogP contribution in [0.4, 0.5) is 0 Å². The van der Waals surface area contributed by atoms with Gasteiger partial charge < -0.3 is 15.7 Å². The van der Waals surface area contributed by atoms with Gasteiger partial charge in [0.25, 0.3) is 0 Å². The summed E-state index contributed by atoms with van der Waals surface area (Å²) in [5, 5.41) is 15.8. The molecule has 2 amide bonds. The van der Waals surface area contributed by atoms with Gasteiger partial charge in [0.05, 0.1) is 6.54 Å². The summed E-state index contributed by atoms with van der Waals surface area (Å²) in [7, 11) is 0. The van der Waals surface area contributed by atoms with Crippen LogP contribution in [0.25, 0.3) is 0 Å². The van der Waals surface area contributed by atoms with Crippen LogP contribution in [0.3, 0.4) is 0 Å². The zero-order chi connectivity index (χ0) is 24.2.